The first-order valence-electron chi connectivity index (χ1n) is 8.65. The van der Waals surface area contributed by atoms with Gasteiger partial charge in [0.05, 0.1) is 18.4 Å². The molecular formula is C21H19N5O. The lowest BCUT2D eigenvalue weighted by Gasteiger charge is -2.10. The molecule has 1 N–H and O–H groups in total. The average Bonchev–Trinajstić information content (AvgIpc) is 3.34. The predicted molar refractivity (Wildman–Crippen MR) is 104 cm³/mol. The van der Waals surface area contributed by atoms with Crippen LogP contribution < -0.4 is 5.32 Å². The molecule has 0 bridgehead atoms. The molecule has 0 spiro atoms. The second-order valence-corrected chi connectivity index (χ2v) is 6.30. The summed E-state index contributed by atoms with van der Waals surface area (Å²) in [6.45, 7) is 0.719. The van der Waals surface area contributed by atoms with Crippen LogP contribution in [0.25, 0.3) is 11.1 Å². The van der Waals surface area contributed by atoms with Crippen molar-refractivity contribution in [2.24, 2.45) is 7.05 Å². The lowest BCUT2D eigenvalue weighted by atomic mass is 9.98. The van der Waals surface area contributed by atoms with Crippen molar-refractivity contribution in [1.29, 1.82) is 0 Å². The first-order valence-corrected chi connectivity index (χ1v) is 8.65. The summed E-state index contributed by atoms with van der Waals surface area (Å²) in [4.78, 5) is 12.7. The smallest absolute Gasteiger partial charge is 0.256 e. The zero-order valence-corrected chi connectivity index (χ0v) is 14.9. The molecule has 2 aromatic heterocycles. The molecule has 134 valence electrons. The molecule has 0 radical (unpaired) electrons. The Morgan fingerprint density at radius 2 is 1.85 bits per heavy atom. The Kier molecular flexibility index (Phi) is 4.53. The van der Waals surface area contributed by atoms with Crippen LogP contribution in [0.1, 0.15) is 15.9 Å². The molecule has 27 heavy (non-hydrogen) atoms. The third-order valence-corrected chi connectivity index (χ3v) is 4.30. The molecule has 0 aliphatic heterocycles. The van der Waals surface area contributed by atoms with Crippen molar-refractivity contribution in [3.05, 3.63) is 90.5 Å². The number of aryl methyl sites for hydroxylation is 1. The van der Waals surface area contributed by atoms with Crippen molar-refractivity contribution >= 4 is 11.6 Å². The molecule has 0 saturated heterocycles. The van der Waals surface area contributed by atoms with Crippen LogP contribution in [0.5, 0.6) is 0 Å². The van der Waals surface area contributed by atoms with Crippen LogP contribution in [-0.2, 0) is 13.6 Å². The molecule has 6 nitrogen and oxygen atoms in total. The van der Waals surface area contributed by atoms with Gasteiger partial charge >= 0.3 is 0 Å². The number of carbonyl (C=O) groups is 1. The highest BCUT2D eigenvalue weighted by Crippen LogP contribution is 2.25. The van der Waals surface area contributed by atoms with Crippen LogP contribution in [0.15, 0.2) is 79.4 Å². The molecule has 0 atom stereocenters. The maximum absolute atomic E-state index is 12.7. The number of rotatable bonds is 5. The molecule has 0 aliphatic rings. The van der Waals surface area contributed by atoms with Gasteiger partial charge in [0, 0.05) is 31.2 Å². The highest BCUT2D eigenvalue weighted by Gasteiger charge is 2.13. The SMILES string of the molecule is Cn1cc(NC(=O)c2ccccc2-c2ccc(Cn3cccn3)cc2)cn1. The van der Waals surface area contributed by atoms with Crippen LogP contribution in [0, 0.1) is 0 Å². The molecular weight excluding hydrogens is 338 g/mol. The standard InChI is InChI=1S/C21H19N5O/c1-25-15-18(13-23-25)24-21(27)20-6-3-2-5-19(20)17-9-7-16(8-10-17)14-26-12-4-11-22-26/h2-13,15H,14H2,1H3,(H,24,27). The van der Waals surface area contributed by atoms with Crippen LogP contribution in [0.4, 0.5) is 5.69 Å². The number of aromatic nitrogens is 4. The Hall–Kier alpha value is -3.67. The highest BCUT2D eigenvalue weighted by molar-refractivity contribution is 6.08. The second-order valence-electron chi connectivity index (χ2n) is 6.30. The minimum absolute atomic E-state index is 0.154. The fourth-order valence-electron chi connectivity index (χ4n) is 2.99. The zero-order chi connectivity index (χ0) is 18.6. The Morgan fingerprint density at radius 3 is 2.56 bits per heavy atom. The van der Waals surface area contributed by atoms with Gasteiger partial charge in [-0.1, -0.05) is 42.5 Å². The van der Waals surface area contributed by atoms with Gasteiger partial charge in [0.1, 0.15) is 0 Å². The maximum atomic E-state index is 12.7. The fourth-order valence-corrected chi connectivity index (χ4v) is 2.99. The summed E-state index contributed by atoms with van der Waals surface area (Å²) in [5.41, 5.74) is 4.34. The highest BCUT2D eigenvalue weighted by atomic mass is 16.1. The van der Waals surface area contributed by atoms with Gasteiger partial charge in [0.15, 0.2) is 0 Å². The summed E-state index contributed by atoms with van der Waals surface area (Å²) >= 11 is 0. The van der Waals surface area contributed by atoms with Crippen molar-refractivity contribution in [2.45, 2.75) is 6.54 Å². The maximum Gasteiger partial charge on any atom is 0.256 e. The summed E-state index contributed by atoms with van der Waals surface area (Å²) in [7, 11) is 1.81. The summed E-state index contributed by atoms with van der Waals surface area (Å²) in [6.07, 6.45) is 7.10. The summed E-state index contributed by atoms with van der Waals surface area (Å²) in [5, 5.41) is 11.2. The van der Waals surface area contributed by atoms with E-state index >= 15 is 0 Å². The Morgan fingerprint density at radius 1 is 1.04 bits per heavy atom. The zero-order valence-electron chi connectivity index (χ0n) is 14.9. The van der Waals surface area contributed by atoms with Crippen LogP contribution in [-0.4, -0.2) is 25.5 Å². The topological polar surface area (TPSA) is 64.7 Å². The van der Waals surface area contributed by atoms with E-state index in [4.69, 9.17) is 0 Å². The molecule has 1 amide bonds. The first kappa shape index (κ1) is 16.8. The third kappa shape index (κ3) is 3.79. The Balaban J connectivity index is 1.57. The molecule has 0 fully saturated rings. The van der Waals surface area contributed by atoms with Gasteiger partial charge in [-0.15, -0.1) is 0 Å². The summed E-state index contributed by atoms with van der Waals surface area (Å²) in [5.74, 6) is -0.154. The average molecular weight is 357 g/mol. The molecule has 4 rings (SSSR count). The van der Waals surface area contributed by atoms with E-state index in [1.54, 1.807) is 23.3 Å². The summed E-state index contributed by atoms with van der Waals surface area (Å²) < 4.78 is 3.53. The second kappa shape index (κ2) is 7.29. The number of benzene rings is 2. The molecule has 0 unspecified atom stereocenters. The monoisotopic (exact) mass is 357 g/mol. The number of amides is 1. The fraction of sp³-hybridized carbons (Fsp3) is 0.0952. The normalized spacial score (nSPS) is 10.7. The quantitative estimate of drug-likeness (QED) is 0.594. The number of nitrogens with one attached hydrogen (secondary N) is 1. The molecule has 4 aromatic rings. The molecule has 0 saturated carbocycles. The van der Waals surface area contributed by atoms with Gasteiger partial charge < -0.3 is 5.32 Å². The van der Waals surface area contributed by atoms with Crippen molar-refractivity contribution in [2.75, 3.05) is 5.32 Å². The molecule has 6 heteroatoms. The van der Waals surface area contributed by atoms with Crippen molar-refractivity contribution in [1.82, 2.24) is 19.6 Å². The Labute approximate surface area is 157 Å². The van der Waals surface area contributed by atoms with E-state index in [1.807, 2.05) is 60.4 Å². The Bertz CT molecular complexity index is 1050. The van der Waals surface area contributed by atoms with Crippen LogP contribution in [0.2, 0.25) is 0 Å². The van der Waals surface area contributed by atoms with Gasteiger partial charge in [-0.3, -0.25) is 14.2 Å². The number of nitrogens with zero attached hydrogens (tertiary/aromatic N) is 4. The van der Waals surface area contributed by atoms with Crippen molar-refractivity contribution in [3.63, 3.8) is 0 Å². The molecule has 2 aromatic carbocycles. The van der Waals surface area contributed by atoms with E-state index in [-0.39, 0.29) is 5.91 Å². The van der Waals surface area contributed by atoms with Crippen molar-refractivity contribution < 1.29 is 4.79 Å². The lowest BCUT2D eigenvalue weighted by molar-refractivity contribution is 0.102. The van der Waals surface area contributed by atoms with Crippen LogP contribution in [0.3, 0.4) is 0 Å². The van der Waals surface area contributed by atoms with Gasteiger partial charge in [-0.25, -0.2) is 0 Å². The predicted octanol–water partition coefficient (Wildman–Crippen LogP) is 3.58. The van der Waals surface area contributed by atoms with E-state index < -0.39 is 0 Å². The van der Waals surface area contributed by atoms with Gasteiger partial charge in [0.25, 0.3) is 5.91 Å². The van der Waals surface area contributed by atoms with Gasteiger partial charge in [-0.2, -0.15) is 10.2 Å². The van der Waals surface area contributed by atoms with Crippen molar-refractivity contribution in [3.8, 4) is 11.1 Å². The molecule has 0 aliphatic carbocycles. The van der Waals surface area contributed by atoms with E-state index in [1.165, 1.54) is 0 Å². The summed E-state index contributed by atoms with van der Waals surface area (Å²) in [6, 6.07) is 17.7. The van der Waals surface area contributed by atoms with Gasteiger partial charge in [-0.05, 0) is 28.8 Å². The van der Waals surface area contributed by atoms with Crippen LogP contribution >= 0.6 is 0 Å². The number of anilines is 1. The number of hydrogen-bond acceptors (Lipinski definition) is 3. The molecule has 2 heterocycles. The minimum atomic E-state index is -0.154. The number of carbonyl (C=O) groups excluding carboxylic acids is 1. The third-order valence-electron chi connectivity index (χ3n) is 4.30. The minimum Gasteiger partial charge on any atom is -0.319 e. The lowest BCUT2D eigenvalue weighted by Crippen LogP contribution is -2.12. The van der Waals surface area contributed by atoms with E-state index in [0.29, 0.717) is 11.3 Å². The van der Waals surface area contributed by atoms with E-state index in [9.17, 15) is 4.79 Å². The van der Waals surface area contributed by atoms with E-state index in [2.05, 4.69) is 27.6 Å². The number of hydrogen-bond donors (Lipinski definition) is 1. The van der Waals surface area contributed by atoms with Gasteiger partial charge in [0.2, 0.25) is 0 Å². The largest absolute Gasteiger partial charge is 0.319 e. The first-order chi connectivity index (χ1) is 13.2. The van der Waals surface area contributed by atoms with E-state index in [0.717, 1.165) is 23.2 Å².